The fraction of sp³-hybridized carbons (Fsp3) is 0.929. The first-order valence-corrected chi connectivity index (χ1v) is 7.28. The van der Waals surface area contributed by atoms with E-state index >= 15 is 0 Å². The predicted molar refractivity (Wildman–Crippen MR) is 73.5 cm³/mol. The van der Waals surface area contributed by atoms with Gasteiger partial charge in [-0.2, -0.15) is 0 Å². The van der Waals surface area contributed by atoms with Crippen LogP contribution in [0.25, 0.3) is 0 Å². The van der Waals surface area contributed by atoms with Crippen LogP contribution >= 0.6 is 0 Å². The number of nitrogens with one attached hydrogen (secondary N) is 1. The van der Waals surface area contributed by atoms with Gasteiger partial charge in [0.15, 0.2) is 0 Å². The highest BCUT2D eigenvalue weighted by molar-refractivity contribution is 5.78. The summed E-state index contributed by atoms with van der Waals surface area (Å²) in [7, 11) is 0. The molecule has 0 radical (unpaired) electrons. The van der Waals surface area contributed by atoms with Crippen LogP contribution in [-0.2, 0) is 4.79 Å². The molecule has 2 rings (SSSR count). The van der Waals surface area contributed by atoms with E-state index in [-0.39, 0.29) is 0 Å². The van der Waals surface area contributed by atoms with E-state index in [1.807, 2.05) is 0 Å². The molecule has 0 spiro atoms. The van der Waals surface area contributed by atoms with Gasteiger partial charge in [0.2, 0.25) is 5.91 Å². The predicted octanol–water partition coefficient (Wildman–Crippen LogP) is 0.930. The Kier molecular flexibility index (Phi) is 4.62. The van der Waals surface area contributed by atoms with Gasteiger partial charge in [-0.3, -0.25) is 9.69 Å². The average molecular weight is 253 g/mol. The molecule has 18 heavy (non-hydrogen) atoms. The van der Waals surface area contributed by atoms with Gasteiger partial charge < -0.3 is 10.2 Å². The second-order valence-corrected chi connectivity index (χ2v) is 6.46. The number of hydrogen-bond acceptors (Lipinski definition) is 3. The first kappa shape index (κ1) is 13.8. The highest BCUT2D eigenvalue weighted by Crippen LogP contribution is 2.28. The van der Waals surface area contributed by atoms with E-state index < -0.39 is 0 Å². The molecule has 1 amide bonds. The fourth-order valence-corrected chi connectivity index (χ4v) is 2.99. The molecule has 0 aromatic heterocycles. The van der Waals surface area contributed by atoms with Crippen molar-refractivity contribution in [1.82, 2.24) is 15.1 Å². The second kappa shape index (κ2) is 6.02. The molecule has 2 fully saturated rings. The van der Waals surface area contributed by atoms with Gasteiger partial charge in [0.25, 0.3) is 0 Å². The molecule has 0 saturated carbocycles. The van der Waals surface area contributed by atoms with Crippen LogP contribution in [0.4, 0.5) is 0 Å². The first-order valence-electron chi connectivity index (χ1n) is 7.28. The third-order valence-electron chi connectivity index (χ3n) is 4.04. The van der Waals surface area contributed by atoms with Gasteiger partial charge in [-0.1, -0.05) is 13.8 Å². The Labute approximate surface area is 111 Å². The molecule has 0 unspecified atom stereocenters. The highest BCUT2D eigenvalue weighted by Gasteiger charge is 2.29. The molecule has 0 bridgehead atoms. The van der Waals surface area contributed by atoms with Gasteiger partial charge in [-0.15, -0.1) is 0 Å². The van der Waals surface area contributed by atoms with E-state index in [4.69, 9.17) is 0 Å². The molecule has 0 aliphatic carbocycles. The minimum absolute atomic E-state index is 0.300. The lowest BCUT2D eigenvalue weighted by molar-refractivity contribution is -0.135. The smallest absolute Gasteiger partial charge is 0.236 e. The minimum Gasteiger partial charge on any atom is -0.341 e. The largest absolute Gasteiger partial charge is 0.341 e. The molecular formula is C14H27N3O. The van der Waals surface area contributed by atoms with Crippen LogP contribution in [0.1, 0.15) is 33.1 Å². The van der Waals surface area contributed by atoms with E-state index in [9.17, 15) is 4.79 Å². The van der Waals surface area contributed by atoms with E-state index in [1.165, 1.54) is 6.42 Å². The van der Waals surface area contributed by atoms with Gasteiger partial charge in [0.1, 0.15) is 0 Å². The monoisotopic (exact) mass is 253 g/mol. The number of likely N-dealkylation sites (tertiary alicyclic amines) is 1. The first-order chi connectivity index (χ1) is 8.57. The molecule has 0 aromatic rings. The molecule has 2 aliphatic heterocycles. The van der Waals surface area contributed by atoms with Gasteiger partial charge >= 0.3 is 0 Å². The zero-order chi connectivity index (χ0) is 13.0. The molecule has 0 aromatic carbocycles. The van der Waals surface area contributed by atoms with Crippen LogP contribution in [0.15, 0.2) is 0 Å². The Hall–Kier alpha value is -0.610. The molecule has 1 N–H and O–H groups in total. The zero-order valence-electron chi connectivity index (χ0n) is 11.9. The Bertz CT molecular complexity index is 283. The van der Waals surface area contributed by atoms with Gasteiger partial charge in [-0.05, 0) is 37.8 Å². The number of hydrogen-bond donors (Lipinski definition) is 1. The topological polar surface area (TPSA) is 35.6 Å². The quantitative estimate of drug-likeness (QED) is 0.795. The van der Waals surface area contributed by atoms with Gasteiger partial charge in [0.05, 0.1) is 6.54 Å². The minimum atomic E-state index is 0.300. The number of piperidine rings is 1. The summed E-state index contributed by atoms with van der Waals surface area (Å²) in [5.41, 5.74) is 0.300. The van der Waals surface area contributed by atoms with Crippen LogP contribution in [-0.4, -0.2) is 61.5 Å². The van der Waals surface area contributed by atoms with Crippen LogP contribution < -0.4 is 5.32 Å². The molecule has 2 aliphatic rings. The highest BCUT2D eigenvalue weighted by atomic mass is 16.2. The van der Waals surface area contributed by atoms with Crippen molar-refractivity contribution in [3.8, 4) is 0 Å². The zero-order valence-corrected chi connectivity index (χ0v) is 11.9. The summed E-state index contributed by atoms with van der Waals surface area (Å²) in [6, 6.07) is 0. The molecule has 104 valence electrons. The summed E-state index contributed by atoms with van der Waals surface area (Å²) in [6.07, 6.45) is 3.55. The maximum atomic E-state index is 12.3. The van der Waals surface area contributed by atoms with Crippen LogP contribution in [0.2, 0.25) is 0 Å². The van der Waals surface area contributed by atoms with Crippen LogP contribution in [0.3, 0.4) is 0 Å². The van der Waals surface area contributed by atoms with Crippen molar-refractivity contribution in [2.24, 2.45) is 5.41 Å². The SMILES string of the molecule is CC1(C)CCCN(C(=O)CN2CCCNCC2)C1. The summed E-state index contributed by atoms with van der Waals surface area (Å²) in [5.74, 6) is 0.324. The number of amides is 1. The second-order valence-electron chi connectivity index (χ2n) is 6.46. The summed E-state index contributed by atoms with van der Waals surface area (Å²) in [4.78, 5) is 16.7. The van der Waals surface area contributed by atoms with Crippen molar-refractivity contribution in [1.29, 1.82) is 0 Å². The van der Waals surface area contributed by atoms with E-state index in [1.54, 1.807) is 0 Å². The van der Waals surface area contributed by atoms with E-state index in [2.05, 4.69) is 29.0 Å². The number of carbonyl (C=O) groups is 1. The molecule has 2 heterocycles. The number of carbonyl (C=O) groups excluding carboxylic acids is 1. The average Bonchev–Trinajstić information content (AvgIpc) is 2.56. The van der Waals surface area contributed by atoms with Crippen molar-refractivity contribution in [3.05, 3.63) is 0 Å². The molecule has 4 nitrogen and oxygen atoms in total. The number of nitrogens with zero attached hydrogens (tertiary/aromatic N) is 2. The standard InChI is InChI=1S/C14H27N3O/c1-14(2)5-3-9-17(12-14)13(18)11-16-8-4-6-15-7-10-16/h15H,3-12H2,1-2H3. The van der Waals surface area contributed by atoms with E-state index in [0.29, 0.717) is 17.9 Å². The van der Waals surface area contributed by atoms with Gasteiger partial charge in [-0.25, -0.2) is 0 Å². The Morgan fingerprint density at radius 2 is 2.00 bits per heavy atom. The Balaban J connectivity index is 1.83. The third kappa shape index (κ3) is 3.95. The van der Waals surface area contributed by atoms with Crippen molar-refractivity contribution in [2.45, 2.75) is 33.1 Å². The maximum Gasteiger partial charge on any atom is 0.236 e. The lowest BCUT2D eigenvalue weighted by Gasteiger charge is -2.38. The number of rotatable bonds is 2. The normalized spacial score (nSPS) is 25.8. The van der Waals surface area contributed by atoms with Crippen LogP contribution in [0, 0.1) is 5.41 Å². The third-order valence-corrected chi connectivity index (χ3v) is 4.04. The van der Waals surface area contributed by atoms with E-state index in [0.717, 1.165) is 52.1 Å². The van der Waals surface area contributed by atoms with Crippen molar-refractivity contribution in [2.75, 3.05) is 45.8 Å². The summed E-state index contributed by atoms with van der Waals surface area (Å²) < 4.78 is 0. The molecular weight excluding hydrogens is 226 g/mol. The summed E-state index contributed by atoms with van der Waals surface area (Å²) in [5, 5.41) is 3.38. The molecule has 2 saturated heterocycles. The van der Waals surface area contributed by atoms with Crippen LogP contribution in [0.5, 0.6) is 0 Å². The maximum absolute atomic E-state index is 12.3. The molecule has 4 heteroatoms. The van der Waals surface area contributed by atoms with Crippen molar-refractivity contribution < 1.29 is 4.79 Å². The molecule has 0 atom stereocenters. The summed E-state index contributed by atoms with van der Waals surface area (Å²) >= 11 is 0. The fourth-order valence-electron chi connectivity index (χ4n) is 2.99. The summed E-state index contributed by atoms with van der Waals surface area (Å²) in [6.45, 7) is 11.2. The van der Waals surface area contributed by atoms with Crippen molar-refractivity contribution >= 4 is 5.91 Å². The lowest BCUT2D eigenvalue weighted by Crippen LogP contribution is -2.48. The lowest BCUT2D eigenvalue weighted by atomic mass is 9.84. The van der Waals surface area contributed by atoms with Crippen molar-refractivity contribution in [3.63, 3.8) is 0 Å². The Morgan fingerprint density at radius 3 is 2.78 bits per heavy atom. The Morgan fingerprint density at radius 1 is 1.17 bits per heavy atom. The van der Waals surface area contributed by atoms with Gasteiger partial charge in [0, 0.05) is 26.2 Å².